The van der Waals surface area contributed by atoms with Crippen molar-refractivity contribution in [2.45, 2.75) is 19.8 Å². The van der Waals surface area contributed by atoms with Crippen molar-refractivity contribution in [2.75, 3.05) is 26.7 Å². The molecule has 6 nitrogen and oxygen atoms in total. The lowest BCUT2D eigenvalue weighted by atomic mass is 9.96. The minimum Gasteiger partial charge on any atom is -0.339 e. The topological polar surface area (TPSA) is 63.1 Å². The zero-order chi connectivity index (χ0) is 15.7. The minimum atomic E-state index is 0.0839. The highest BCUT2D eigenvalue weighted by Gasteiger charge is 2.24. The molecule has 0 aromatic carbocycles. The number of carbonyl (C=O) groups excluding carboxylic acids is 1. The van der Waals surface area contributed by atoms with Crippen molar-refractivity contribution in [3.63, 3.8) is 0 Å². The summed E-state index contributed by atoms with van der Waals surface area (Å²) in [7, 11) is 3.85. The van der Waals surface area contributed by atoms with Crippen LogP contribution in [0.1, 0.15) is 28.9 Å². The van der Waals surface area contributed by atoms with E-state index >= 15 is 0 Å². The van der Waals surface area contributed by atoms with Crippen LogP contribution in [0.2, 0.25) is 0 Å². The van der Waals surface area contributed by atoms with Crippen molar-refractivity contribution < 1.29 is 4.79 Å². The van der Waals surface area contributed by atoms with Crippen LogP contribution in [-0.4, -0.2) is 52.3 Å². The molecule has 22 heavy (non-hydrogen) atoms. The van der Waals surface area contributed by atoms with Gasteiger partial charge in [-0.05, 0) is 45.3 Å². The fraction of sp³-hybridized carbons (Fsp3) is 0.562. The number of amides is 1. The van der Waals surface area contributed by atoms with E-state index in [1.54, 1.807) is 10.9 Å². The maximum Gasteiger partial charge on any atom is 0.255 e. The van der Waals surface area contributed by atoms with Gasteiger partial charge in [0.25, 0.3) is 5.91 Å². The second-order valence-corrected chi connectivity index (χ2v) is 6.10. The fourth-order valence-electron chi connectivity index (χ4n) is 3.24. The van der Waals surface area contributed by atoms with Gasteiger partial charge in [-0.2, -0.15) is 5.10 Å². The second-order valence-electron chi connectivity index (χ2n) is 6.10. The van der Waals surface area contributed by atoms with Crippen molar-refractivity contribution in [1.29, 1.82) is 0 Å². The number of piperidine rings is 1. The van der Waals surface area contributed by atoms with Gasteiger partial charge in [0.1, 0.15) is 0 Å². The molecule has 0 aliphatic carbocycles. The van der Waals surface area contributed by atoms with Crippen LogP contribution in [-0.2, 0) is 7.05 Å². The molecule has 3 rings (SSSR count). The average molecular weight is 301 g/mol. The highest BCUT2D eigenvalue weighted by Crippen LogP contribution is 2.21. The van der Waals surface area contributed by atoms with Gasteiger partial charge in [0.2, 0.25) is 0 Å². The van der Waals surface area contributed by atoms with Crippen LogP contribution < -0.4 is 5.32 Å². The molecule has 1 saturated heterocycles. The van der Waals surface area contributed by atoms with Crippen molar-refractivity contribution in [3.8, 4) is 0 Å². The first-order valence-electron chi connectivity index (χ1n) is 7.83. The second kappa shape index (κ2) is 6.04. The number of rotatable bonds is 3. The number of likely N-dealkylation sites (tertiary alicyclic amines) is 1. The monoisotopic (exact) mass is 301 g/mol. The van der Waals surface area contributed by atoms with Gasteiger partial charge in [-0.1, -0.05) is 0 Å². The van der Waals surface area contributed by atoms with Crippen molar-refractivity contribution >= 4 is 16.9 Å². The maximum absolute atomic E-state index is 12.7. The number of fused-ring (bicyclic) bond motifs is 1. The number of nitrogens with zero attached hydrogens (tertiary/aromatic N) is 4. The van der Waals surface area contributed by atoms with Gasteiger partial charge in [-0.3, -0.25) is 9.48 Å². The van der Waals surface area contributed by atoms with Crippen LogP contribution >= 0.6 is 0 Å². The molecular weight excluding hydrogens is 278 g/mol. The normalized spacial score (nSPS) is 16.4. The zero-order valence-corrected chi connectivity index (χ0v) is 13.5. The largest absolute Gasteiger partial charge is 0.339 e. The third-order valence-electron chi connectivity index (χ3n) is 4.50. The Morgan fingerprint density at radius 3 is 2.82 bits per heavy atom. The number of carbonyl (C=O) groups is 1. The van der Waals surface area contributed by atoms with E-state index in [1.807, 2.05) is 32.0 Å². The first-order chi connectivity index (χ1) is 10.6. The Hall–Kier alpha value is -1.95. The SMILES string of the molecule is CNCC1CCN(C(=O)c2cnc3c(c2)c(C)nn3C)CC1. The van der Waals surface area contributed by atoms with Crippen molar-refractivity contribution in [1.82, 2.24) is 25.0 Å². The number of pyridine rings is 1. The Kier molecular flexibility index (Phi) is 4.11. The van der Waals surface area contributed by atoms with E-state index in [9.17, 15) is 4.79 Å². The van der Waals surface area contributed by atoms with Gasteiger partial charge < -0.3 is 10.2 Å². The van der Waals surface area contributed by atoms with E-state index in [-0.39, 0.29) is 5.91 Å². The van der Waals surface area contributed by atoms with E-state index in [0.717, 1.165) is 49.2 Å². The molecule has 1 aliphatic rings. The molecule has 1 amide bonds. The highest BCUT2D eigenvalue weighted by atomic mass is 16.2. The molecule has 1 N–H and O–H groups in total. The molecule has 2 aromatic heterocycles. The summed E-state index contributed by atoms with van der Waals surface area (Å²) in [5.41, 5.74) is 2.39. The van der Waals surface area contributed by atoms with Gasteiger partial charge in [-0.15, -0.1) is 0 Å². The van der Waals surface area contributed by atoms with Crippen molar-refractivity contribution in [2.24, 2.45) is 13.0 Å². The first kappa shape index (κ1) is 15.0. The van der Waals surface area contributed by atoms with E-state index in [2.05, 4.69) is 15.4 Å². The van der Waals surface area contributed by atoms with Gasteiger partial charge in [0, 0.05) is 31.7 Å². The summed E-state index contributed by atoms with van der Waals surface area (Å²) in [6.07, 6.45) is 3.80. The minimum absolute atomic E-state index is 0.0839. The Morgan fingerprint density at radius 1 is 1.41 bits per heavy atom. The highest BCUT2D eigenvalue weighted by molar-refractivity contribution is 5.97. The van der Waals surface area contributed by atoms with Crippen LogP contribution in [0.3, 0.4) is 0 Å². The lowest BCUT2D eigenvalue weighted by Crippen LogP contribution is -2.40. The summed E-state index contributed by atoms with van der Waals surface area (Å²) >= 11 is 0. The lowest BCUT2D eigenvalue weighted by molar-refractivity contribution is 0.0690. The summed E-state index contributed by atoms with van der Waals surface area (Å²) < 4.78 is 1.75. The Morgan fingerprint density at radius 2 is 2.14 bits per heavy atom. The number of nitrogens with one attached hydrogen (secondary N) is 1. The zero-order valence-electron chi connectivity index (χ0n) is 13.5. The molecule has 0 saturated carbocycles. The average Bonchev–Trinajstić information content (AvgIpc) is 2.82. The smallest absolute Gasteiger partial charge is 0.255 e. The third-order valence-corrected chi connectivity index (χ3v) is 4.50. The summed E-state index contributed by atoms with van der Waals surface area (Å²) in [5.74, 6) is 0.760. The van der Waals surface area contributed by atoms with Crippen LogP contribution in [0.25, 0.3) is 11.0 Å². The van der Waals surface area contributed by atoms with E-state index < -0.39 is 0 Å². The number of aryl methyl sites for hydroxylation is 2. The summed E-state index contributed by atoms with van der Waals surface area (Å²) in [4.78, 5) is 19.0. The van der Waals surface area contributed by atoms with E-state index in [0.29, 0.717) is 11.5 Å². The summed E-state index contributed by atoms with van der Waals surface area (Å²) in [5, 5.41) is 8.53. The third kappa shape index (κ3) is 2.70. The molecule has 0 atom stereocenters. The van der Waals surface area contributed by atoms with Gasteiger partial charge in [0.15, 0.2) is 5.65 Å². The molecule has 0 bridgehead atoms. The predicted molar refractivity (Wildman–Crippen MR) is 85.8 cm³/mol. The first-order valence-corrected chi connectivity index (χ1v) is 7.83. The number of hydrogen-bond acceptors (Lipinski definition) is 4. The van der Waals surface area contributed by atoms with Crippen molar-refractivity contribution in [3.05, 3.63) is 23.5 Å². The van der Waals surface area contributed by atoms with Crippen LogP contribution in [0, 0.1) is 12.8 Å². The molecule has 0 unspecified atom stereocenters. The molecule has 0 radical (unpaired) electrons. The van der Waals surface area contributed by atoms with Crippen LogP contribution in [0.4, 0.5) is 0 Å². The van der Waals surface area contributed by atoms with Gasteiger partial charge in [-0.25, -0.2) is 4.98 Å². The molecule has 6 heteroatoms. The predicted octanol–water partition coefficient (Wildman–Crippen LogP) is 1.35. The molecule has 3 heterocycles. The quantitative estimate of drug-likeness (QED) is 0.929. The molecule has 2 aromatic rings. The Balaban J connectivity index is 1.77. The lowest BCUT2D eigenvalue weighted by Gasteiger charge is -2.32. The molecule has 1 aliphatic heterocycles. The Labute approximate surface area is 130 Å². The van der Waals surface area contributed by atoms with Gasteiger partial charge >= 0.3 is 0 Å². The van der Waals surface area contributed by atoms with E-state index in [4.69, 9.17) is 0 Å². The number of aromatic nitrogens is 3. The molecule has 1 fully saturated rings. The number of hydrogen-bond donors (Lipinski definition) is 1. The van der Waals surface area contributed by atoms with Crippen LogP contribution in [0.5, 0.6) is 0 Å². The molecule has 118 valence electrons. The standard InChI is InChI=1S/C16H23N5O/c1-11-14-8-13(10-18-15(14)20(3)19-11)16(22)21-6-4-12(5-7-21)9-17-2/h8,10,12,17H,4-7,9H2,1-3H3. The summed E-state index contributed by atoms with van der Waals surface area (Å²) in [6.45, 7) is 4.64. The van der Waals surface area contributed by atoms with E-state index in [1.165, 1.54) is 0 Å². The van der Waals surface area contributed by atoms with Gasteiger partial charge in [0.05, 0.1) is 11.3 Å². The maximum atomic E-state index is 12.7. The Bertz CT molecular complexity index is 685. The molecular formula is C16H23N5O. The summed E-state index contributed by atoms with van der Waals surface area (Å²) in [6, 6.07) is 1.92. The van der Waals surface area contributed by atoms with Crippen LogP contribution in [0.15, 0.2) is 12.3 Å². The molecule has 0 spiro atoms. The fourth-order valence-corrected chi connectivity index (χ4v) is 3.24.